The number of para-hydroxylation sites is 1. The number of anilines is 1. The van der Waals surface area contributed by atoms with E-state index in [0.29, 0.717) is 11.4 Å². The Kier molecular flexibility index (Phi) is 5.98. The Bertz CT molecular complexity index is 939. The number of hydrogen-bond acceptors (Lipinski definition) is 5. The molecule has 0 spiro atoms. The molecule has 2 aromatic rings. The third-order valence-corrected chi connectivity index (χ3v) is 4.87. The second kappa shape index (κ2) is 7.98. The second-order valence-corrected chi connectivity index (χ2v) is 7.00. The van der Waals surface area contributed by atoms with Crippen LogP contribution in [0.3, 0.4) is 0 Å². The molecule has 0 atom stereocenters. The predicted molar refractivity (Wildman–Crippen MR) is 93.0 cm³/mol. The molecule has 7 nitrogen and oxygen atoms in total. The molecule has 2 rings (SSSR count). The van der Waals surface area contributed by atoms with Crippen molar-refractivity contribution in [2.75, 3.05) is 19.0 Å². The molecule has 2 aromatic carbocycles. The Hall–Kier alpha value is -2.60. The number of nitriles is 1. The number of carbonyl (C=O) groups is 1. The third kappa shape index (κ3) is 4.70. The summed E-state index contributed by atoms with van der Waals surface area (Å²) in [7, 11) is -2.51. The van der Waals surface area contributed by atoms with Gasteiger partial charge in [0.15, 0.2) is 0 Å². The molecule has 0 fully saturated rings. The fourth-order valence-corrected chi connectivity index (χ4v) is 3.27. The van der Waals surface area contributed by atoms with Crippen LogP contribution in [0.25, 0.3) is 0 Å². The van der Waals surface area contributed by atoms with Crippen LogP contribution in [0, 0.1) is 11.3 Å². The lowest BCUT2D eigenvalue weighted by molar-refractivity contribution is -0.115. The number of rotatable bonds is 6. The first-order valence-corrected chi connectivity index (χ1v) is 8.85. The first kappa shape index (κ1) is 18.7. The van der Waals surface area contributed by atoms with Crippen molar-refractivity contribution in [1.29, 1.82) is 5.26 Å². The molecule has 0 unspecified atom stereocenters. The number of nitrogens with one attached hydrogen (secondary N) is 2. The molecule has 2 N–H and O–H groups in total. The summed E-state index contributed by atoms with van der Waals surface area (Å²) in [5.41, 5.74) is 0.585. The van der Waals surface area contributed by atoms with Gasteiger partial charge in [0.2, 0.25) is 15.9 Å². The van der Waals surface area contributed by atoms with Gasteiger partial charge in [-0.2, -0.15) is 5.26 Å². The molecule has 0 bridgehead atoms. The number of nitrogens with zero attached hydrogens (tertiary/aromatic N) is 1. The van der Waals surface area contributed by atoms with Crippen molar-refractivity contribution >= 4 is 33.2 Å². The average molecular weight is 380 g/mol. The molecule has 0 aromatic heterocycles. The maximum absolute atomic E-state index is 12.2. The highest BCUT2D eigenvalue weighted by Crippen LogP contribution is 2.26. The SMILES string of the molecule is COc1ccc(S(=O)(=O)NCC(=O)Nc2ccccc2C#N)cc1Cl. The lowest BCUT2D eigenvalue weighted by atomic mass is 10.2. The fraction of sp³-hybridized carbons (Fsp3) is 0.125. The van der Waals surface area contributed by atoms with Crippen molar-refractivity contribution in [2.24, 2.45) is 0 Å². The van der Waals surface area contributed by atoms with Gasteiger partial charge in [0, 0.05) is 0 Å². The van der Waals surface area contributed by atoms with Gasteiger partial charge in [-0.05, 0) is 30.3 Å². The molecule has 130 valence electrons. The molecule has 0 aliphatic rings. The van der Waals surface area contributed by atoms with Crippen LogP contribution < -0.4 is 14.8 Å². The summed E-state index contributed by atoms with van der Waals surface area (Å²) in [4.78, 5) is 11.8. The van der Waals surface area contributed by atoms with Crippen LogP contribution in [-0.2, 0) is 14.8 Å². The summed E-state index contributed by atoms with van der Waals surface area (Å²) in [5, 5.41) is 11.6. The van der Waals surface area contributed by atoms with E-state index in [1.54, 1.807) is 24.3 Å². The van der Waals surface area contributed by atoms with Crippen molar-refractivity contribution in [3.8, 4) is 11.8 Å². The highest BCUT2D eigenvalue weighted by atomic mass is 35.5. The molecule has 0 heterocycles. The molecule has 25 heavy (non-hydrogen) atoms. The minimum Gasteiger partial charge on any atom is -0.495 e. The van der Waals surface area contributed by atoms with Gasteiger partial charge < -0.3 is 10.1 Å². The molecule has 9 heteroatoms. The van der Waals surface area contributed by atoms with Gasteiger partial charge in [-0.3, -0.25) is 4.79 Å². The van der Waals surface area contributed by atoms with Crippen LogP contribution in [0.5, 0.6) is 5.75 Å². The Balaban J connectivity index is 2.05. The normalized spacial score (nSPS) is 10.8. The van der Waals surface area contributed by atoms with Crippen molar-refractivity contribution in [1.82, 2.24) is 4.72 Å². The quantitative estimate of drug-likeness (QED) is 0.799. The van der Waals surface area contributed by atoms with E-state index in [-0.39, 0.29) is 15.5 Å². The van der Waals surface area contributed by atoms with E-state index in [1.807, 2.05) is 6.07 Å². The van der Waals surface area contributed by atoms with Crippen LogP contribution in [0.15, 0.2) is 47.4 Å². The molecule has 0 saturated carbocycles. The topological polar surface area (TPSA) is 108 Å². The molecule has 0 radical (unpaired) electrons. The molecule has 0 aliphatic carbocycles. The first-order valence-electron chi connectivity index (χ1n) is 6.99. The molecule has 0 saturated heterocycles. The van der Waals surface area contributed by atoms with E-state index >= 15 is 0 Å². The van der Waals surface area contributed by atoms with Crippen molar-refractivity contribution in [2.45, 2.75) is 4.90 Å². The van der Waals surface area contributed by atoms with Gasteiger partial charge in [-0.1, -0.05) is 23.7 Å². The molecular formula is C16H14ClN3O4S. The molecular weight excluding hydrogens is 366 g/mol. The fourth-order valence-electron chi connectivity index (χ4n) is 1.94. The summed E-state index contributed by atoms with van der Waals surface area (Å²) in [6.07, 6.45) is 0. The number of hydrogen-bond donors (Lipinski definition) is 2. The maximum atomic E-state index is 12.2. The van der Waals surface area contributed by atoms with Gasteiger partial charge in [-0.15, -0.1) is 0 Å². The largest absolute Gasteiger partial charge is 0.495 e. The number of methoxy groups -OCH3 is 1. The number of halogens is 1. The predicted octanol–water partition coefficient (Wildman–Crippen LogP) is 2.14. The van der Waals surface area contributed by atoms with Crippen molar-refractivity contribution in [3.05, 3.63) is 53.1 Å². The van der Waals surface area contributed by atoms with Crippen LogP contribution in [0.2, 0.25) is 5.02 Å². The summed E-state index contributed by atoms with van der Waals surface area (Å²) in [5.74, 6) is -0.266. The summed E-state index contributed by atoms with van der Waals surface area (Å²) < 4.78 is 31.6. The number of benzene rings is 2. The van der Waals surface area contributed by atoms with Gasteiger partial charge >= 0.3 is 0 Å². The minimum absolute atomic E-state index is 0.0940. The Morgan fingerprint density at radius 1 is 1.28 bits per heavy atom. The standard InChI is InChI=1S/C16H14ClN3O4S/c1-24-15-7-6-12(8-13(15)17)25(22,23)19-10-16(21)20-14-5-3-2-4-11(14)9-18/h2-8,19H,10H2,1H3,(H,20,21). The zero-order valence-corrected chi connectivity index (χ0v) is 14.7. The van der Waals surface area contributed by atoms with E-state index < -0.39 is 22.5 Å². The van der Waals surface area contributed by atoms with E-state index in [1.165, 1.54) is 25.3 Å². The third-order valence-electron chi connectivity index (χ3n) is 3.18. The Labute approximate surface area is 150 Å². The van der Waals surface area contributed by atoms with Gasteiger partial charge in [0.1, 0.15) is 11.8 Å². The Morgan fingerprint density at radius 2 is 2.00 bits per heavy atom. The van der Waals surface area contributed by atoms with Crippen molar-refractivity contribution in [3.63, 3.8) is 0 Å². The second-order valence-electron chi connectivity index (χ2n) is 4.83. The summed E-state index contributed by atoms with van der Waals surface area (Å²) in [6.45, 7) is -0.494. The number of carbonyl (C=O) groups excluding carboxylic acids is 1. The number of sulfonamides is 1. The zero-order valence-electron chi connectivity index (χ0n) is 13.1. The highest BCUT2D eigenvalue weighted by molar-refractivity contribution is 7.89. The van der Waals surface area contributed by atoms with Crippen LogP contribution >= 0.6 is 11.6 Å². The lowest BCUT2D eigenvalue weighted by Crippen LogP contribution is -2.33. The monoisotopic (exact) mass is 379 g/mol. The zero-order chi connectivity index (χ0) is 18.4. The minimum atomic E-state index is -3.93. The maximum Gasteiger partial charge on any atom is 0.241 e. The van der Waals surface area contributed by atoms with Gasteiger partial charge in [0.25, 0.3) is 0 Å². The van der Waals surface area contributed by atoms with Crippen LogP contribution in [0.4, 0.5) is 5.69 Å². The van der Waals surface area contributed by atoms with E-state index in [2.05, 4.69) is 10.0 Å². The molecule has 0 aliphatic heterocycles. The molecule has 1 amide bonds. The van der Waals surface area contributed by atoms with Crippen LogP contribution in [0.1, 0.15) is 5.56 Å². The van der Waals surface area contributed by atoms with Gasteiger partial charge in [-0.25, -0.2) is 13.1 Å². The number of ether oxygens (including phenoxy) is 1. The number of amides is 1. The highest BCUT2D eigenvalue weighted by Gasteiger charge is 2.17. The van der Waals surface area contributed by atoms with E-state index in [9.17, 15) is 13.2 Å². The summed E-state index contributed by atoms with van der Waals surface area (Å²) in [6, 6.07) is 12.3. The Morgan fingerprint density at radius 3 is 2.64 bits per heavy atom. The van der Waals surface area contributed by atoms with Crippen molar-refractivity contribution < 1.29 is 17.9 Å². The van der Waals surface area contributed by atoms with Crippen LogP contribution in [-0.4, -0.2) is 28.0 Å². The lowest BCUT2D eigenvalue weighted by Gasteiger charge is -2.10. The van der Waals surface area contributed by atoms with Gasteiger partial charge in [0.05, 0.1) is 34.8 Å². The smallest absolute Gasteiger partial charge is 0.241 e. The van der Waals surface area contributed by atoms with E-state index in [0.717, 1.165) is 0 Å². The van der Waals surface area contributed by atoms with E-state index in [4.69, 9.17) is 21.6 Å². The summed E-state index contributed by atoms with van der Waals surface area (Å²) >= 11 is 5.91. The first-order chi connectivity index (χ1) is 11.9. The average Bonchev–Trinajstić information content (AvgIpc) is 2.60.